The van der Waals surface area contributed by atoms with E-state index in [1.165, 1.54) is 7.11 Å². The highest BCUT2D eigenvalue weighted by atomic mass is 31.3. The summed E-state index contributed by atoms with van der Waals surface area (Å²) < 4.78 is 53.8. The van der Waals surface area contributed by atoms with Crippen molar-refractivity contribution in [2.75, 3.05) is 13.7 Å². The number of rotatable bonds is 8. The molecule has 0 aliphatic carbocycles. The van der Waals surface area contributed by atoms with Crippen LogP contribution in [0.25, 0.3) is 0 Å². The third-order valence-electron chi connectivity index (χ3n) is 2.49. The highest BCUT2D eigenvalue weighted by Gasteiger charge is 2.34. The average molecular weight is 394 g/mol. The van der Waals surface area contributed by atoms with Gasteiger partial charge in [0.15, 0.2) is 0 Å². The molecule has 1 N–H and O–H groups in total. The Morgan fingerprint density at radius 3 is 2.22 bits per heavy atom. The van der Waals surface area contributed by atoms with E-state index in [0.717, 1.165) is 0 Å². The smallest absolute Gasteiger partial charge is 0.280 e. The lowest BCUT2D eigenvalue weighted by molar-refractivity contribution is -0.250. The molecule has 0 aromatic carbocycles. The van der Waals surface area contributed by atoms with Crippen molar-refractivity contribution in [2.24, 2.45) is 0 Å². The van der Waals surface area contributed by atoms with E-state index < -0.39 is 42.3 Å². The summed E-state index contributed by atoms with van der Waals surface area (Å²) in [7, 11) is -15.7. The zero-order valence-electron chi connectivity index (χ0n) is 12.0. The number of methoxy groups -OCH3 is 1. The highest BCUT2D eigenvalue weighted by Crippen LogP contribution is 2.61. The molecule has 1 fully saturated rings. The van der Waals surface area contributed by atoms with Crippen LogP contribution in [-0.2, 0) is 36.3 Å². The minimum Gasteiger partial charge on any atom is -0.756 e. The van der Waals surface area contributed by atoms with E-state index in [1.807, 2.05) is 0 Å². The van der Waals surface area contributed by atoms with Crippen molar-refractivity contribution in [1.29, 1.82) is 0 Å². The molecule has 1 heterocycles. The van der Waals surface area contributed by atoms with Gasteiger partial charge in [0, 0.05) is 21.9 Å². The number of phosphoric ester groups is 1. The van der Waals surface area contributed by atoms with Gasteiger partial charge in [-0.25, -0.2) is 8.62 Å². The Morgan fingerprint density at radius 2 is 1.74 bits per heavy atom. The van der Waals surface area contributed by atoms with Gasteiger partial charge in [-0.15, -0.1) is 0 Å². The fraction of sp³-hybridized carbons (Fsp3) is 1.00. The van der Waals surface area contributed by atoms with Crippen LogP contribution >= 0.6 is 23.5 Å². The largest absolute Gasteiger partial charge is 0.756 e. The zero-order chi connectivity index (χ0) is 17.2. The van der Waals surface area contributed by atoms with Crippen LogP contribution in [-0.4, -0.2) is 45.3 Å². The Morgan fingerprint density at radius 1 is 1.17 bits per heavy atom. The van der Waals surface area contributed by atoms with Gasteiger partial charge in [0.2, 0.25) is 0 Å². The van der Waals surface area contributed by atoms with Gasteiger partial charge in [-0.1, -0.05) is 0 Å². The molecule has 0 aromatic rings. The molecule has 1 aliphatic heterocycles. The summed E-state index contributed by atoms with van der Waals surface area (Å²) in [4.78, 5) is 40.8. The molecule has 135 valence electrons. The van der Waals surface area contributed by atoms with Crippen LogP contribution in [0.1, 0.15) is 13.3 Å². The first-order valence-corrected chi connectivity index (χ1v) is 10.2. The van der Waals surface area contributed by atoms with E-state index in [9.17, 15) is 28.4 Å². The fourth-order valence-electron chi connectivity index (χ4n) is 1.77. The molecule has 0 bridgehead atoms. The van der Waals surface area contributed by atoms with Crippen molar-refractivity contribution in [2.45, 2.75) is 31.7 Å². The normalized spacial score (nSPS) is 32.3. The molecule has 0 amide bonds. The molecule has 1 rings (SSSR count). The maximum absolute atomic E-state index is 11.3. The molecule has 6 atom stereocenters. The van der Waals surface area contributed by atoms with Gasteiger partial charge in [-0.2, -0.15) is 0 Å². The lowest BCUT2D eigenvalue weighted by Crippen LogP contribution is -2.29. The van der Waals surface area contributed by atoms with E-state index in [0.29, 0.717) is 6.42 Å². The van der Waals surface area contributed by atoms with Gasteiger partial charge >= 0.3 is 0 Å². The van der Waals surface area contributed by atoms with Crippen molar-refractivity contribution in [3.05, 3.63) is 0 Å². The molecular formula is C7H14BO12P3-3. The van der Waals surface area contributed by atoms with Gasteiger partial charge in [-0.05, 0) is 6.92 Å². The van der Waals surface area contributed by atoms with Gasteiger partial charge in [0.1, 0.15) is 6.10 Å². The summed E-state index contributed by atoms with van der Waals surface area (Å²) in [5.74, 6) is 0. The Hall–Kier alpha value is 0.395. The number of phosphoric acid groups is 3. The summed E-state index contributed by atoms with van der Waals surface area (Å²) in [6.07, 6.45) is -1.01. The van der Waals surface area contributed by atoms with Crippen LogP contribution in [0.15, 0.2) is 0 Å². The molecule has 0 spiro atoms. The first kappa shape index (κ1) is 23.4. The lowest BCUT2D eigenvalue weighted by Gasteiger charge is -2.33. The molecule has 0 aromatic heterocycles. The van der Waals surface area contributed by atoms with Crippen molar-refractivity contribution in [3.8, 4) is 0 Å². The van der Waals surface area contributed by atoms with Crippen LogP contribution in [0.3, 0.4) is 0 Å². The number of hydrogen-bond acceptors (Lipinski definition) is 11. The molecule has 1 saturated heterocycles. The molecule has 16 heteroatoms. The Kier molecular flexibility index (Phi) is 8.81. The fourth-order valence-corrected chi connectivity index (χ4v) is 4.66. The molecule has 1 aliphatic rings. The van der Waals surface area contributed by atoms with Gasteiger partial charge < -0.3 is 33.6 Å². The summed E-state index contributed by atoms with van der Waals surface area (Å²) >= 11 is 0. The number of hydrogen-bond donors (Lipinski definition) is 1. The van der Waals surface area contributed by atoms with Crippen LogP contribution in [0.5, 0.6) is 0 Å². The van der Waals surface area contributed by atoms with Gasteiger partial charge in [0.25, 0.3) is 23.5 Å². The molecule has 3 radical (unpaired) electrons. The minimum atomic E-state index is -5.88. The van der Waals surface area contributed by atoms with E-state index in [1.54, 1.807) is 6.92 Å². The lowest BCUT2D eigenvalue weighted by atomic mass is 10.1. The monoisotopic (exact) mass is 394 g/mol. The maximum atomic E-state index is 11.3. The average Bonchev–Trinajstić information content (AvgIpc) is 2.62. The summed E-state index contributed by atoms with van der Waals surface area (Å²) in [6, 6.07) is 0. The van der Waals surface area contributed by atoms with Crippen LogP contribution < -0.4 is 14.7 Å². The molecule has 0 saturated carbocycles. The quantitative estimate of drug-likeness (QED) is 0.362. The molecule has 12 nitrogen and oxygen atoms in total. The van der Waals surface area contributed by atoms with Crippen molar-refractivity contribution >= 4 is 31.9 Å². The van der Waals surface area contributed by atoms with Crippen LogP contribution in [0.4, 0.5) is 0 Å². The van der Waals surface area contributed by atoms with E-state index in [4.69, 9.17) is 14.4 Å². The third-order valence-corrected chi connectivity index (χ3v) is 6.18. The van der Waals surface area contributed by atoms with E-state index in [-0.39, 0.29) is 14.5 Å². The van der Waals surface area contributed by atoms with Crippen molar-refractivity contribution in [3.63, 3.8) is 0 Å². The minimum absolute atomic E-state index is 0. The second kappa shape index (κ2) is 8.67. The molecular weight excluding hydrogens is 380 g/mol. The second-order valence-electron chi connectivity index (χ2n) is 4.32. The van der Waals surface area contributed by atoms with Gasteiger partial charge in [-0.3, -0.25) is 13.7 Å². The molecule has 23 heavy (non-hydrogen) atoms. The Bertz CT molecular complexity index is 521. The SMILES string of the molecule is CO[C@@H]1C[C@H](C)O[C@@H]1COP(=O)([O-])OP(=O)([O-])OP(=O)([O-])O.[B]. The summed E-state index contributed by atoms with van der Waals surface area (Å²) in [5, 5.41) is 0. The van der Waals surface area contributed by atoms with E-state index >= 15 is 0 Å². The van der Waals surface area contributed by atoms with Crippen LogP contribution in [0.2, 0.25) is 0 Å². The van der Waals surface area contributed by atoms with Crippen molar-refractivity contribution < 1.29 is 55.9 Å². The second-order valence-corrected chi connectivity index (χ2v) is 8.61. The third kappa shape index (κ3) is 8.88. The predicted octanol–water partition coefficient (Wildman–Crippen LogP) is -1.75. The Labute approximate surface area is 134 Å². The highest BCUT2D eigenvalue weighted by molar-refractivity contribution is 7.65. The van der Waals surface area contributed by atoms with E-state index in [2.05, 4.69) is 13.1 Å². The first-order chi connectivity index (χ1) is 9.84. The van der Waals surface area contributed by atoms with Gasteiger partial charge in [0.05, 0.1) is 18.8 Å². The maximum Gasteiger partial charge on any atom is 0.280 e. The topological polar surface area (TPSA) is 187 Å². The zero-order valence-corrected chi connectivity index (χ0v) is 14.7. The number of ether oxygens (including phenoxy) is 2. The summed E-state index contributed by atoms with van der Waals surface area (Å²) in [6.45, 7) is 1.10. The molecule has 3 unspecified atom stereocenters. The Balaban J connectivity index is 0.00000484. The predicted molar refractivity (Wildman–Crippen MR) is 68.7 cm³/mol. The standard InChI is InChI=1S/C7H17O12P3.B/c1-5-3-6(15-2)7(17-5)4-16-21(11,12)19-22(13,14)18-20(8,9)10;/h5-7H,3-4H2,1-2H3,(H,11,12)(H,13,14)(H2,8,9,10);/p-3/t5-,6+,7+;/m0./s1. The van der Waals surface area contributed by atoms with Crippen LogP contribution in [0, 0.1) is 0 Å². The van der Waals surface area contributed by atoms with Crippen molar-refractivity contribution in [1.82, 2.24) is 0 Å². The first-order valence-electron chi connectivity index (χ1n) is 5.75. The summed E-state index contributed by atoms with van der Waals surface area (Å²) in [5.41, 5.74) is 0.